The average molecular weight is 362 g/mol. The van der Waals surface area contributed by atoms with Gasteiger partial charge in [-0.25, -0.2) is 0 Å². The van der Waals surface area contributed by atoms with Gasteiger partial charge in [0.25, 0.3) is 0 Å². The Morgan fingerprint density at radius 1 is 1.48 bits per heavy atom. The Bertz CT molecular complexity index is 947. The molecule has 2 aromatic rings. The number of fused-ring (bicyclic) bond motifs is 1. The first-order valence-electron chi connectivity index (χ1n) is 9.31. The first kappa shape index (κ1) is 17.7. The van der Waals surface area contributed by atoms with Crippen LogP contribution in [0.2, 0.25) is 0 Å². The molecule has 4 rings (SSSR count). The quantitative estimate of drug-likeness (QED) is 0.694. The third kappa shape index (κ3) is 3.44. The molecule has 1 saturated heterocycles. The first-order chi connectivity index (χ1) is 13.2. The Kier molecular flexibility index (Phi) is 4.89. The Labute approximate surface area is 158 Å². The molecule has 8 heteroatoms. The maximum absolute atomic E-state index is 12.6. The Hall–Kier alpha value is -2.74. The summed E-state index contributed by atoms with van der Waals surface area (Å²) in [6.07, 6.45) is 9.99. The fraction of sp³-hybridized carbons (Fsp3) is 0.368. The van der Waals surface area contributed by atoms with Gasteiger partial charge in [-0.2, -0.15) is 0 Å². The number of hydrogen-bond acceptors (Lipinski definition) is 5. The van der Waals surface area contributed by atoms with Crippen LogP contribution in [0.4, 0.5) is 11.4 Å². The maximum atomic E-state index is 12.6. The van der Waals surface area contributed by atoms with E-state index in [2.05, 4.69) is 31.6 Å². The summed E-state index contributed by atoms with van der Waals surface area (Å²) in [5, 5.41) is 3.91. The van der Waals surface area contributed by atoms with Crippen molar-refractivity contribution in [3.05, 3.63) is 24.0 Å². The Morgan fingerprint density at radius 2 is 2.37 bits per heavy atom. The molecule has 138 valence electrons. The summed E-state index contributed by atoms with van der Waals surface area (Å²) < 4.78 is 0. The number of nitrogens with one attached hydrogen (secondary N) is 2. The minimum absolute atomic E-state index is 0.139. The van der Waals surface area contributed by atoms with Gasteiger partial charge in [-0.15, -0.1) is 0 Å². The normalized spacial score (nSPS) is 19.7. The number of nitrogens with zero attached hydrogens (tertiary/aromatic N) is 3. The molecule has 1 amide bonds. The number of carbonyl (C=O) groups excluding carboxylic acids is 1. The summed E-state index contributed by atoms with van der Waals surface area (Å²) in [6.45, 7) is 8.17. The Morgan fingerprint density at radius 3 is 3.11 bits per heavy atom. The second kappa shape index (κ2) is 7.48. The van der Waals surface area contributed by atoms with Crippen LogP contribution in [0.1, 0.15) is 19.3 Å². The SMILES string of the molecule is C=Bc1cnc2[nH]cc(NC(=O)C3=CCCN=C3)c2c1N1CCC[C@@H](N)C1. The van der Waals surface area contributed by atoms with E-state index in [4.69, 9.17) is 5.73 Å². The molecule has 2 aliphatic rings. The van der Waals surface area contributed by atoms with E-state index in [0.29, 0.717) is 11.3 Å². The third-order valence-corrected chi connectivity index (χ3v) is 5.06. The number of pyridine rings is 1. The Balaban J connectivity index is 1.75. The molecule has 7 nitrogen and oxygen atoms in total. The predicted molar refractivity (Wildman–Crippen MR) is 113 cm³/mol. The number of dihydropyridines is 1. The number of piperidine rings is 1. The van der Waals surface area contributed by atoms with Crippen molar-refractivity contribution in [2.45, 2.75) is 25.3 Å². The average Bonchev–Trinajstić information content (AvgIpc) is 3.10. The summed E-state index contributed by atoms with van der Waals surface area (Å²) in [5.41, 5.74) is 10.2. The first-order valence-corrected chi connectivity index (χ1v) is 9.31. The van der Waals surface area contributed by atoms with E-state index in [9.17, 15) is 4.79 Å². The van der Waals surface area contributed by atoms with E-state index >= 15 is 0 Å². The molecule has 0 aromatic carbocycles. The topological polar surface area (TPSA) is 99.4 Å². The van der Waals surface area contributed by atoms with Crippen molar-refractivity contribution < 1.29 is 4.79 Å². The van der Waals surface area contributed by atoms with Crippen LogP contribution in [0.5, 0.6) is 0 Å². The zero-order chi connectivity index (χ0) is 18.8. The van der Waals surface area contributed by atoms with Gasteiger partial charge in [-0.1, -0.05) is 0 Å². The molecule has 2 aliphatic heterocycles. The van der Waals surface area contributed by atoms with Crippen LogP contribution < -0.4 is 21.4 Å². The van der Waals surface area contributed by atoms with Crippen LogP contribution in [0.25, 0.3) is 11.0 Å². The van der Waals surface area contributed by atoms with Crippen LogP contribution in [-0.4, -0.2) is 61.2 Å². The van der Waals surface area contributed by atoms with Gasteiger partial charge in [0.2, 0.25) is 0 Å². The molecule has 4 heterocycles. The third-order valence-electron chi connectivity index (χ3n) is 5.06. The number of H-pyrrole nitrogens is 1. The van der Waals surface area contributed by atoms with Crippen molar-refractivity contribution in [1.82, 2.24) is 9.97 Å². The molecule has 0 unspecified atom stereocenters. The number of carbonyl (C=O) groups is 1. The van der Waals surface area contributed by atoms with Crippen molar-refractivity contribution >= 4 is 53.4 Å². The van der Waals surface area contributed by atoms with Gasteiger partial charge in [0.05, 0.1) is 0 Å². The fourth-order valence-electron chi connectivity index (χ4n) is 3.75. The van der Waals surface area contributed by atoms with Crippen LogP contribution >= 0.6 is 0 Å². The van der Waals surface area contributed by atoms with Crippen molar-refractivity contribution in [3.8, 4) is 0 Å². The van der Waals surface area contributed by atoms with E-state index < -0.39 is 0 Å². The van der Waals surface area contributed by atoms with E-state index in [1.807, 2.05) is 12.3 Å². The zero-order valence-corrected chi connectivity index (χ0v) is 15.2. The van der Waals surface area contributed by atoms with E-state index in [1.165, 1.54) is 0 Å². The van der Waals surface area contributed by atoms with Gasteiger partial charge < -0.3 is 0 Å². The number of aromatic amines is 1. The standard InChI is InChI=1S/C19H23BN6O/c1-20-14-9-23-18-16(17(14)26-7-3-5-13(21)11-26)15(10-24-18)25-19(27)12-4-2-6-22-8-12/h4,8-10,13H,1-3,5-7,11,21H2,(H,23,24)(H,25,27)/t13-/m1/s1. The fourth-order valence-corrected chi connectivity index (χ4v) is 3.75. The molecule has 0 aliphatic carbocycles. The van der Waals surface area contributed by atoms with Crippen LogP contribution in [0, 0.1) is 0 Å². The van der Waals surface area contributed by atoms with Gasteiger partial charge >= 0.3 is 158 Å². The van der Waals surface area contributed by atoms with Crippen molar-refractivity contribution in [1.29, 1.82) is 0 Å². The van der Waals surface area contributed by atoms with Gasteiger partial charge in [-0.3, -0.25) is 0 Å². The number of hydrogen-bond donors (Lipinski definition) is 3. The number of amides is 1. The number of anilines is 2. The van der Waals surface area contributed by atoms with Crippen LogP contribution in [-0.2, 0) is 4.79 Å². The molecule has 2 aromatic heterocycles. The van der Waals surface area contributed by atoms with Gasteiger partial charge in [0.15, 0.2) is 0 Å². The molecule has 27 heavy (non-hydrogen) atoms. The summed E-state index contributed by atoms with van der Waals surface area (Å²) in [6, 6.07) is 0.139. The van der Waals surface area contributed by atoms with Crippen molar-refractivity contribution in [2.24, 2.45) is 10.7 Å². The molecule has 1 fully saturated rings. The molecule has 1 atom stereocenters. The summed E-state index contributed by atoms with van der Waals surface area (Å²) >= 11 is 0. The van der Waals surface area contributed by atoms with E-state index in [1.54, 1.807) is 19.3 Å². The van der Waals surface area contributed by atoms with Crippen molar-refractivity contribution in [3.63, 3.8) is 0 Å². The molecule has 0 spiro atoms. The molecular weight excluding hydrogens is 339 g/mol. The van der Waals surface area contributed by atoms with Gasteiger partial charge in [0.1, 0.15) is 0 Å². The van der Waals surface area contributed by atoms with E-state index in [0.717, 1.165) is 61.1 Å². The second-order valence-electron chi connectivity index (χ2n) is 6.98. The monoisotopic (exact) mass is 362 g/mol. The number of nitrogens with two attached hydrogens (primary N) is 1. The van der Waals surface area contributed by atoms with E-state index in [-0.39, 0.29) is 11.9 Å². The molecular formula is C19H23BN6O. The van der Waals surface area contributed by atoms with Crippen LogP contribution in [0.3, 0.4) is 0 Å². The number of aromatic nitrogens is 2. The summed E-state index contributed by atoms with van der Waals surface area (Å²) in [5.74, 6) is -0.162. The molecule has 4 N–H and O–H groups in total. The van der Waals surface area contributed by atoms with Crippen molar-refractivity contribution in [2.75, 3.05) is 29.9 Å². The van der Waals surface area contributed by atoms with Gasteiger partial charge in [-0.05, 0) is 0 Å². The molecule has 0 bridgehead atoms. The second-order valence-corrected chi connectivity index (χ2v) is 6.98. The van der Waals surface area contributed by atoms with Gasteiger partial charge in [0, 0.05) is 0 Å². The number of rotatable bonds is 4. The zero-order valence-electron chi connectivity index (χ0n) is 15.2. The molecule has 0 radical (unpaired) electrons. The number of aliphatic imine (C=N–C) groups is 1. The summed E-state index contributed by atoms with van der Waals surface area (Å²) in [7, 11) is 0. The predicted octanol–water partition coefficient (Wildman–Crippen LogP) is 0.591. The molecule has 0 saturated carbocycles. The summed E-state index contributed by atoms with van der Waals surface area (Å²) in [4.78, 5) is 26.8. The minimum atomic E-state index is -0.162. The van der Waals surface area contributed by atoms with Crippen LogP contribution in [0.15, 0.2) is 29.0 Å².